The second-order valence-corrected chi connectivity index (χ2v) is 12.3. The van der Waals surface area contributed by atoms with Gasteiger partial charge in [0.2, 0.25) is 0 Å². The van der Waals surface area contributed by atoms with Crippen molar-refractivity contribution in [1.29, 1.82) is 5.26 Å². The van der Waals surface area contributed by atoms with E-state index in [1.165, 1.54) is 6.08 Å². The third-order valence-electron chi connectivity index (χ3n) is 8.44. The maximum absolute atomic E-state index is 11.8. The summed E-state index contributed by atoms with van der Waals surface area (Å²) in [7, 11) is 0. The number of nitrogens with zero attached hydrogens (tertiary/aromatic N) is 5. The summed E-state index contributed by atoms with van der Waals surface area (Å²) in [6.45, 7) is 5.23. The van der Waals surface area contributed by atoms with E-state index in [-0.39, 0.29) is 0 Å². The normalized spacial score (nSPS) is 11.2. The minimum absolute atomic E-state index is 0.392. The van der Waals surface area contributed by atoms with E-state index in [2.05, 4.69) is 65.5 Å². The van der Waals surface area contributed by atoms with E-state index in [0.29, 0.717) is 41.7 Å². The van der Waals surface area contributed by atoms with Crippen molar-refractivity contribution in [3.63, 3.8) is 0 Å². The van der Waals surface area contributed by atoms with Gasteiger partial charge >= 0.3 is 5.97 Å². The van der Waals surface area contributed by atoms with Crippen LogP contribution in [0.5, 0.6) is 11.5 Å². The van der Waals surface area contributed by atoms with Gasteiger partial charge in [0.15, 0.2) is 0 Å². The second kappa shape index (κ2) is 18.8. The summed E-state index contributed by atoms with van der Waals surface area (Å²) in [5.74, 6) is -0.371. The first-order valence-electron chi connectivity index (χ1n) is 17.7. The Morgan fingerprint density at radius 3 is 1.90 bits per heavy atom. The molecule has 51 heavy (non-hydrogen) atoms. The first-order chi connectivity index (χ1) is 25.0. The molecule has 9 nitrogen and oxygen atoms in total. The van der Waals surface area contributed by atoms with E-state index in [1.54, 1.807) is 22.9 Å². The highest BCUT2D eigenvalue weighted by Crippen LogP contribution is 2.37. The number of benzene rings is 4. The van der Waals surface area contributed by atoms with Gasteiger partial charge in [0.1, 0.15) is 34.5 Å². The quantitative estimate of drug-likeness (QED) is 0.0520. The first kappa shape index (κ1) is 36.4. The van der Waals surface area contributed by atoms with Crippen molar-refractivity contribution < 1.29 is 19.4 Å². The molecule has 1 N–H and O–H groups in total. The molecule has 0 saturated heterocycles. The number of nitriles is 1. The Balaban J connectivity index is 1.49. The van der Waals surface area contributed by atoms with Gasteiger partial charge in [0, 0.05) is 34.3 Å². The van der Waals surface area contributed by atoms with Crippen molar-refractivity contribution in [1.82, 2.24) is 15.0 Å². The van der Waals surface area contributed by atoms with E-state index in [0.717, 1.165) is 74.0 Å². The zero-order valence-electron chi connectivity index (χ0n) is 29.4. The minimum atomic E-state index is -1.31. The average molecular weight is 684 g/mol. The summed E-state index contributed by atoms with van der Waals surface area (Å²) in [6, 6.07) is 34.0. The number of aromatic nitrogens is 3. The Kier molecular flexibility index (Phi) is 13.4. The van der Waals surface area contributed by atoms with Crippen LogP contribution < -0.4 is 14.4 Å². The van der Waals surface area contributed by atoms with Crippen LogP contribution in [0.4, 0.5) is 17.1 Å². The van der Waals surface area contributed by atoms with Crippen LogP contribution in [0.1, 0.15) is 70.8 Å². The summed E-state index contributed by atoms with van der Waals surface area (Å²) in [5, 5.41) is 28.1. The fraction of sp³-hybridized carbons (Fsp3) is 0.286. The number of carbonyl (C=O) groups is 1. The fourth-order valence-electron chi connectivity index (χ4n) is 5.71. The summed E-state index contributed by atoms with van der Waals surface area (Å²) in [5.41, 5.74) is 5.34. The largest absolute Gasteiger partial charge is 0.493 e. The monoisotopic (exact) mass is 683 g/mol. The lowest BCUT2D eigenvalue weighted by Gasteiger charge is -2.25. The van der Waals surface area contributed by atoms with Crippen molar-refractivity contribution in [3.05, 3.63) is 114 Å². The molecule has 262 valence electrons. The number of hydrogen-bond acceptors (Lipinski definition) is 7. The van der Waals surface area contributed by atoms with Crippen LogP contribution in [-0.2, 0) is 4.79 Å². The zero-order valence-corrected chi connectivity index (χ0v) is 29.4. The maximum Gasteiger partial charge on any atom is 0.346 e. The molecule has 4 aromatic carbocycles. The van der Waals surface area contributed by atoms with Gasteiger partial charge in [-0.25, -0.2) is 9.48 Å². The zero-order chi connectivity index (χ0) is 35.8. The van der Waals surface area contributed by atoms with Crippen molar-refractivity contribution >= 4 is 29.1 Å². The van der Waals surface area contributed by atoms with Crippen LogP contribution in [0.25, 0.3) is 23.0 Å². The molecule has 1 heterocycles. The predicted molar refractivity (Wildman–Crippen MR) is 202 cm³/mol. The van der Waals surface area contributed by atoms with E-state index in [1.807, 2.05) is 54.7 Å². The number of para-hydroxylation sites is 2. The molecule has 0 radical (unpaired) electrons. The third kappa shape index (κ3) is 9.86. The molecule has 0 fully saturated rings. The number of hydrogen-bond donors (Lipinski definition) is 1. The van der Waals surface area contributed by atoms with Gasteiger partial charge in [-0.1, -0.05) is 106 Å². The molecular formula is C42H45N5O4. The number of rotatable bonds is 19. The molecule has 0 atom stereocenters. The Morgan fingerprint density at radius 2 is 1.35 bits per heavy atom. The van der Waals surface area contributed by atoms with Crippen LogP contribution in [0.3, 0.4) is 0 Å². The molecule has 0 aliphatic rings. The summed E-state index contributed by atoms with van der Waals surface area (Å²) in [4.78, 5) is 14.0. The fourth-order valence-corrected chi connectivity index (χ4v) is 5.71. The molecular weight excluding hydrogens is 638 g/mol. The summed E-state index contributed by atoms with van der Waals surface area (Å²) >= 11 is 0. The van der Waals surface area contributed by atoms with Crippen LogP contribution >= 0.6 is 0 Å². The molecule has 1 aromatic heterocycles. The van der Waals surface area contributed by atoms with Gasteiger partial charge in [-0.05, 0) is 61.4 Å². The molecule has 0 unspecified atom stereocenters. The van der Waals surface area contributed by atoms with Gasteiger partial charge in [0.25, 0.3) is 0 Å². The maximum atomic E-state index is 11.8. The van der Waals surface area contributed by atoms with Gasteiger partial charge in [-0.2, -0.15) is 5.26 Å². The number of aliphatic carboxylic acids is 1. The Labute approximate surface area is 300 Å². The first-order valence-corrected chi connectivity index (χ1v) is 17.7. The Hall–Kier alpha value is -5.88. The van der Waals surface area contributed by atoms with Crippen LogP contribution in [-0.4, -0.2) is 39.3 Å². The molecule has 5 rings (SSSR count). The van der Waals surface area contributed by atoms with Crippen LogP contribution in [0, 0.1) is 11.3 Å². The highest BCUT2D eigenvalue weighted by atomic mass is 16.5. The summed E-state index contributed by atoms with van der Waals surface area (Å²) in [6.07, 6.45) is 11.4. The van der Waals surface area contributed by atoms with Gasteiger partial charge in [0.05, 0.1) is 19.4 Å². The molecule has 0 spiro atoms. The minimum Gasteiger partial charge on any atom is -0.493 e. The molecule has 9 heteroatoms. The lowest BCUT2D eigenvalue weighted by molar-refractivity contribution is -0.132. The number of carboxylic acids is 1. The summed E-state index contributed by atoms with van der Waals surface area (Å²) < 4.78 is 14.2. The van der Waals surface area contributed by atoms with Crippen molar-refractivity contribution in [2.24, 2.45) is 0 Å². The van der Waals surface area contributed by atoms with Crippen molar-refractivity contribution in [2.75, 3.05) is 18.1 Å². The molecule has 0 saturated carbocycles. The van der Waals surface area contributed by atoms with Crippen LogP contribution in [0.2, 0.25) is 0 Å². The van der Waals surface area contributed by atoms with Gasteiger partial charge in [-0.3, -0.25) is 0 Å². The van der Waals surface area contributed by atoms with Gasteiger partial charge in [-0.15, -0.1) is 5.10 Å². The molecule has 5 aromatic rings. The van der Waals surface area contributed by atoms with E-state index < -0.39 is 11.5 Å². The second-order valence-electron chi connectivity index (χ2n) is 12.3. The van der Waals surface area contributed by atoms with E-state index >= 15 is 0 Å². The van der Waals surface area contributed by atoms with E-state index in [4.69, 9.17) is 9.47 Å². The predicted octanol–water partition coefficient (Wildman–Crippen LogP) is 10.3. The Bertz CT molecular complexity index is 1880. The average Bonchev–Trinajstić information content (AvgIpc) is 3.65. The molecule has 0 aliphatic heterocycles. The number of carboxylic acid groups (broad SMARTS) is 1. The van der Waals surface area contributed by atoms with Crippen molar-refractivity contribution in [2.45, 2.75) is 65.2 Å². The number of anilines is 3. The number of unbranched alkanes of at least 4 members (excludes halogenated alkanes) is 6. The van der Waals surface area contributed by atoms with Gasteiger partial charge < -0.3 is 19.5 Å². The molecule has 0 bridgehead atoms. The van der Waals surface area contributed by atoms with E-state index in [9.17, 15) is 15.2 Å². The highest BCUT2D eigenvalue weighted by molar-refractivity contribution is 5.97. The molecule has 0 amide bonds. The Morgan fingerprint density at radius 1 is 0.784 bits per heavy atom. The topological polar surface area (TPSA) is 113 Å². The highest BCUT2D eigenvalue weighted by Gasteiger charge is 2.18. The smallest absolute Gasteiger partial charge is 0.346 e. The lowest BCUT2D eigenvalue weighted by atomic mass is 10.1. The lowest BCUT2D eigenvalue weighted by Crippen LogP contribution is -2.09. The third-order valence-corrected chi connectivity index (χ3v) is 8.44. The molecule has 0 aliphatic carbocycles. The standard InChI is InChI=1S/C42H45N5O4/c1-3-5-7-15-25-50-40-29-39(41(51-26-16-8-6-4-2)28-33(40)27-34(30-43)42(48)49)46-31-38(44-45-46)32-21-23-37(24-22-32)47(35-17-11-9-12-18-35)36-19-13-10-14-20-36/h9-14,17-24,27-29,31H,3-8,15-16,25-26H2,1-2H3,(H,48,49)/b34-27-. The number of ether oxygens (including phenoxy) is 2. The van der Waals surface area contributed by atoms with Crippen LogP contribution in [0.15, 0.2) is 109 Å². The SMILES string of the molecule is CCCCCCOc1cc(-n2cc(-c3ccc(N(c4ccccc4)c4ccccc4)cc3)nn2)c(OCCCCCC)cc1/C=C(/C#N)C(=O)O. The van der Waals surface area contributed by atoms with Crippen molar-refractivity contribution in [3.8, 4) is 34.5 Å².